The van der Waals surface area contributed by atoms with Crippen molar-refractivity contribution in [2.75, 3.05) is 18.2 Å². The fourth-order valence-electron chi connectivity index (χ4n) is 1.82. The number of anilines is 1. The van der Waals surface area contributed by atoms with E-state index in [1.165, 1.54) is 0 Å². The topological polar surface area (TPSA) is 38.3 Å². The van der Waals surface area contributed by atoms with Gasteiger partial charge in [0, 0.05) is 13.8 Å². The molecule has 0 aliphatic carbocycles. The average Bonchev–Trinajstić information content (AvgIpc) is 2.49. The highest BCUT2D eigenvalue weighted by Gasteiger charge is 2.10. The first-order chi connectivity index (χ1) is 10.5. The molecule has 0 atom stereocenters. The number of thioether (sulfide) groups is 1. The monoisotopic (exact) mass is 443 g/mol. The summed E-state index contributed by atoms with van der Waals surface area (Å²) in [6.45, 7) is 1.95. The van der Waals surface area contributed by atoms with Gasteiger partial charge in [-0.15, -0.1) is 11.8 Å². The summed E-state index contributed by atoms with van der Waals surface area (Å²) in [6.07, 6.45) is 2.01. The van der Waals surface area contributed by atoms with Crippen LogP contribution in [0.1, 0.15) is 5.56 Å². The fraction of sp³-hybridized carbons (Fsp3) is 0.188. The SMILES string of the molecule is CSc1ccc(OCC(=O)Nc2c(Br)cc(C)cc2Br)cc1. The summed E-state index contributed by atoms with van der Waals surface area (Å²) in [5.74, 6) is 0.467. The zero-order valence-corrected chi connectivity index (χ0v) is 16.1. The molecular formula is C16H15Br2NO2S. The number of rotatable bonds is 5. The van der Waals surface area contributed by atoms with E-state index in [-0.39, 0.29) is 12.5 Å². The smallest absolute Gasteiger partial charge is 0.262 e. The van der Waals surface area contributed by atoms with Crippen molar-refractivity contribution in [3.05, 3.63) is 50.9 Å². The number of halogens is 2. The number of hydrogen-bond donors (Lipinski definition) is 1. The highest BCUT2D eigenvalue weighted by molar-refractivity contribution is 9.11. The van der Waals surface area contributed by atoms with Crippen LogP contribution in [0.15, 0.2) is 50.2 Å². The van der Waals surface area contributed by atoms with Crippen molar-refractivity contribution in [3.63, 3.8) is 0 Å². The van der Waals surface area contributed by atoms with E-state index in [1.54, 1.807) is 11.8 Å². The number of ether oxygens (including phenoxy) is 1. The Morgan fingerprint density at radius 3 is 2.32 bits per heavy atom. The highest BCUT2D eigenvalue weighted by Crippen LogP contribution is 2.32. The third-order valence-corrected chi connectivity index (χ3v) is 4.87. The number of benzene rings is 2. The van der Waals surface area contributed by atoms with Crippen LogP contribution in [0.25, 0.3) is 0 Å². The van der Waals surface area contributed by atoms with Gasteiger partial charge in [0.1, 0.15) is 5.75 Å². The van der Waals surface area contributed by atoms with Gasteiger partial charge in [-0.25, -0.2) is 0 Å². The van der Waals surface area contributed by atoms with Crippen molar-refractivity contribution >= 4 is 55.2 Å². The molecule has 116 valence electrons. The Kier molecular flexibility index (Phi) is 6.35. The number of nitrogens with one attached hydrogen (secondary N) is 1. The van der Waals surface area contributed by atoms with Crippen LogP contribution < -0.4 is 10.1 Å². The second kappa shape index (κ2) is 8.04. The molecule has 0 aliphatic heterocycles. The fourth-order valence-corrected chi connectivity index (χ4v) is 3.84. The molecule has 0 aliphatic rings. The van der Waals surface area contributed by atoms with Crippen molar-refractivity contribution in [1.82, 2.24) is 0 Å². The molecular weight excluding hydrogens is 430 g/mol. The summed E-state index contributed by atoms with van der Waals surface area (Å²) >= 11 is 8.56. The van der Waals surface area contributed by atoms with Gasteiger partial charge in [-0.1, -0.05) is 0 Å². The molecule has 6 heteroatoms. The molecule has 0 fully saturated rings. The lowest BCUT2D eigenvalue weighted by molar-refractivity contribution is -0.118. The van der Waals surface area contributed by atoms with Crippen molar-refractivity contribution in [2.45, 2.75) is 11.8 Å². The van der Waals surface area contributed by atoms with Crippen LogP contribution in [-0.2, 0) is 4.79 Å². The van der Waals surface area contributed by atoms with Gasteiger partial charge in [-0.05, 0) is 87.0 Å². The second-order valence-corrected chi connectivity index (χ2v) is 7.20. The molecule has 1 N–H and O–H groups in total. The van der Waals surface area contributed by atoms with Gasteiger partial charge in [-0.2, -0.15) is 0 Å². The molecule has 1 amide bonds. The van der Waals surface area contributed by atoms with Crippen LogP contribution in [-0.4, -0.2) is 18.8 Å². The maximum atomic E-state index is 12.0. The Morgan fingerprint density at radius 1 is 1.18 bits per heavy atom. The van der Waals surface area contributed by atoms with Crippen molar-refractivity contribution in [3.8, 4) is 5.75 Å². The van der Waals surface area contributed by atoms with Gasteiger partial charge in [0.05, 0.1) is 5.69 Å². The maximum Gasteiger partial charge on any atom is 0.262 e. The highest BCUT2D eigenvalue weighted by atomic mass is 79.9. The summed E-state index contributed by atoms with van der Waals surface area (Å²) < 4.78 is 7.15. The molecule has 0 spiro atoms. The first kappa shape index (κ1) is 17.4. The van der Waals surface area contributed by atoms with E-state index >= 15 is 0 Å². The molecule has 2 rings (SSSR count). The molecule has 0 bridgehead atoms. The van der Waals surface area contributed by atoms with Crippen LogP contribution in [0.5, 0.6) is 5.75 Å². The number of aryl methyl sites for hydroxylation is 1. The zero-order valence-electron chi connectivity index (χ0n) is 12.2. The molecule has 0 heterocycles. The van der Waals surface area contributed by atoms with Crippen LogP contribution >= 0.6 is 43.6 Å². The number of hydrogen-bond acceptors (Lipinski definition) is 3. The van der Waals surface area contributed by atoms with Gasteiger partial charge in [-0.3, -0.25) is 4.79 Å². The number of carbonyl (C=O) groups is 1. The third-order valence-electron chi connectivity index (χ3n) is 2.88. The van der Waals surface area contributed by atoms with Gasteiger partial charge < -0.3 is 10.1 Å². The van der Waals surface area contributed by atoms with Gasteiger partial charge in [0.15, 0.2) is 6.61 Å². The summed E-state index contributed by atoms with van der Waals surface area (Å²) in [7, 11) is 0. The van der Waals surface area contributed by atoms with E-state index in [1.807, 2.05) is 49.6 Å². The lowest BCUT2D eigenvalue weighted by Crippen LogP contribution is -2.20. The van der Waals surface area contributed by atoms with E-state index < -0.39 is 0 Å². The molecule has 0 unspecified atom stereocenters. The zero-order chi connectivity index (χ0) is 16.1. The molecule has 0 aromatic heterocycles. The lowest BCUT2D eigenvalue weighted by Gasteiger charge is -2.11. The maximum absolute atomic E-state index is 12.0. The normalized spacial score (nSPS) is 10.4. The Hall–Kier alpha value is -0.980. The van der Waals surface area contributed by atoms with Gasteiger partial charge >= 0.3 is 0 Å². The van der Waals surface area contributed by atoms with Crippen molar-refractivity contribution < 1.29 is 9.53 Å². The van der Waals surface area contributed by atoms with E-state index in [4.69, 9.17) is 4.74 Å². The van der Waals surface area contributed by atoms with E-state index in [0.29, 0.717) is 11.4 Å². The Balaban J connectivity index is 1.95. The van der Waals surface area contributed by atoms with E-state index in [9.17, 15) is 4.79 Å². The molecule has 22 heavy (non-hydrogen) atoms. The minimum absolute atomic E-state index is 0.0363. The number of carbonyl (C=O) groups excluding carboxylic acids is 1. The predicted molar refractivity (Wildman–Crippen MR) is 98.9 cm³/mol. The summed E-state index contributed by atoms with van der Waals surface area (Å²) in [4.78, 5) is 13.2. The van der Waals surface area contributed by atoms with Crippen LogP contribution in [0.4, 0.5) is 5.69 Å². The van der Waals surface area contributed by atoms with Crippen LogP contribution in [0.3, 0.4) is 0 Å². The predicted octanol–water partition coefficient (Wildman–Crippen LogP) is 5.26. The standard InChI is InChI=1S/C16H15Br2NO2S/c1-10-7-13(17)16(14(18)8-10)19-15(20)9-21-11-3-5-12(22-2)6-4-11/h3-8H,9H2,1-2H3,(H,19,20). The molecule has 2 aromatic rings. The van der Waals surface area contributed by atoms with E-state index in [2.05, 4.69) is 37.2 Å². The summed E-state index contributed by atoms with van der Waals surface area (Å²) in [5.41, 5.74) is 1.80. The second-order valence-electron chi connectivity index (χ2n) is 4.62. The minimum Gasteiger partial charge on any atom is -0.484 e. The average molecular weight is 445 g/mol. The van der Waals surface area contributed by atoms with Crippen molar-refractivity contribution in [1.29, 1.82) is 0 Å². The Morgan fingerprint density at radius 2 is 1.77 bits per heavy atom. The Bertz CT molecular complexity index is 651. The third kappa shape index (κ3) is 4.76. The van der Waals surface area contributed by atoms with Gasteiger partial charge in [0.2, 0.25) is 0 Å². The van der Waals surface area contributed by atoms with Crippen LogP contribution in [0.2, 0.25) is 0 Å². The first-order valence-electron chi connectivity index (χ1n) is 6.52. The molecule has 0 saturated carbocycles. The molecule has 0 saturated heterocycles. The molecule has 3 nitrogen and oxygen atoms in total. The summed E-state index contributed by atoms with van der Waals surface area (Å²) in [6, 6.07) is 11.5. The first-order valence-corrected chi connectivity index (χ1v) is 9.33. The molecule has 0 radical (unpaired) electrons. The summed E-state index contributed by atoms with van der Waals surface area (Å²) in [5, 5.41) is 2.84. The van der Waals surface area contributed by atoms with Crippen LogP contribution in [0, 0.1) is 6.92 Å². The van der Waals surface area contributed by atoms with Crippen molar-refractivity contribution in [2.24, 2.45) is 0 Å². The minimum atomic E-state index is -0.209. The Labute approximate surface area is 151 Å². The quantitative estimate of drug-likeness (QED) is 0.639. The largest absolute Gasteiger partial charge is 0.484 e. The van der Waals surface area contributed by atoms with E-state index in [0.717, 1.165) is 19.4 Å². The lowest BCUT2D eigenvalue weighted by atomic mass is 10.2. The number of amides is 1. The molecule has 2 aromatic carbocycles. The van der Waals surface area contributed by atoms with Gasteiger partial charge in [0.25, 0.3) is 5.91 Å².